The van der Waals surface area contributed by atoms with Gasteiger partial charge >= 0.3 is 0 Å². The molecule has 4 rings (SSSR count). The highest BCUT2D eigenvalue weighted by atomic mass is 32.2. The van der Waals surface area contributed by atoms with Gasteiger partial charge in [-0.2, -0.15) is 0 Å². The van der Waals surface area contributed by atoms with E-state index in [-0.39, 0.29) is 29.5 Å². The summed E-state index contributed by atoms with van der Waals surface area (Å²) in [5.74, 6) is -0.134. The molecule has 0 saturated heterocycles. The lowest BCUT2D eigenvalue weighted by Gasteiger charge is -2.31. The summed E-state index contributed by atoms with van der Waals surface area (Å²) in [6.07, 6.45) is 2.64. The Balaban J connectivity index is 1.49. The molecule has 154 valence electrons. The van der Waals surface area contributed by atoms with Gasteiger partial charge in [0.05, 0.1) is 0 Å². The molecule has 6 heteroatoms. The minimum absolute atomic E-state index is 0.0661. The maximum Gasteiger partial charge on any atom is 0.225 e. The van der Waals surface area contributed by atoms with Crippen molar-refractivity contribution in [1.29, 1.82) is 0 Å². The molecular formula is C23H26F2N2OS. The number of nitrogens with zero attached hydrogens (tertiary/aromatic N) is 2. The summed E-state index contributed by atoms with van der Waals surface area (Å²) in [6, 6.07) is 10.2. The number of rotatable bonds is 6. The number of benzene rings is 2. The lowest BCUT2D eigenvalue weighted by molar-refractivity contribution is -0.133. The minimum atomic E-state index is -0.248. The van der Waals surface area contributed by atoms with E-state index in [1.165, 1.54) is 24.1 Å². The third-order valence-corrected chi connectivity index (χ3v) is 7.07. The Bertz CT molecular complexity index is 898. The van der Waals surface area contributed by atoms with Crippen LogP contribution in [0, 0.1) is 17.6 Å². The predicted molar refractivity (Wildman–Crippen MR) is 111 cm³/mol. The van der Waals surface area contributed by atoms with Crippen molar-refractivity contribution in [3.05, 3.63) is 64.7 Å². The third kappa shape index (κ3) is 4.48. The monoisotopic (exact) mass is 416 g/mol. The summed E-state index contributed by atoms with van der Waals surface area (Å²) in [7, 11) is 0. The SMILES string of the molecule is CCN(Sc1cc(F)c2c(c1)CCN(C(=O)C1CC1)C2)C(C)c1ccc(F)cc1. The topological polar surface area (TPSA) is 23.6 Å². The van der Waals surface area contributed by atoms with E-state index in [1.807, 2.05) is 4.90 Å². The molecule has 0 N–H and O–H groups in total. The number of amides is 1. The highest BCUT2D eigenvalue weighted by Gasteiger charge is 2.35. The number of hydrogen-bond donors (Lipinski definition) is 0. The number of carbonyl (C=O) groups is 1. The molecule has 0 aromatic heterocycles. The average molecular weight is 417 g/mol. The summed E-state index contributed by atoms with van der Waals surface area (Å²) in [6.45, 7) is 5.94. The van der Waals surface area contributed by atoms with E-state index in [0.717, 1.165) is 35.4 Å². The van der Waals surface area contributed by atoms with Gasteiger partial charge in [0, 0.05) is 42.1 Å². The van der Waals surface area contributed by atoms with Gasteiger partial charge in [-0.3, -0.25) is 4.79 Å². The second-order valence-corrected chi connectivity index (χ2v) is 9.00. The van der Waals surface area contributed by atoms with Crippen molar-refractivity contribution in [2.45, 2.75) is 50.6 Å². The van der Waals surface area contributed by atoms with Gasteiger partial charge in [0.25, 0.3) is 0 Å². The van der Waals surface area contributed by atoms with E-state index < -0.39 is 0 Å². The number of carbonyl (C=O) groups excluding carboxylic acids is 1. The average Bonchev–Trinajstić information content (AvgIpc) is 3.57. The molecule has 1 saturated carbocycles. The van der Waals surface area contributed by atoms with Crippen LogP contribution in [0.25, 0.3) is 0 Å². The van der Waals surface area contributed by atoms with Crippen LogP contribution in [0.4, 0.5) is 8.78 Å². The van der Waals surface area contributed by atoms with E-state index in [1.54, 1.807) is 18.2 Å². The normalized spacial score (nSPS) is 17.3. The van der Waals surface area contributed by atoms with Crippen molar-refractivity contribution in [2.75, 3.05) is 13.1 Å². The van der Waals surface area contributed by atoms with Gasteiger partial charge in [0.15, 0.2) is 0 Å². The van der Waals surface area contributed by atoms with E-state index in [0.29, 0.717) is 25.1 Å². The highest BCUT2D eigenvalue weighted by Crippen LogP contribution is 2.36. The zero-order chi connectivity index (χ0) is 20.5. The van der Waals surface area contributed by atoms with Crippen LogP contribution in [0.1, 0.15) is 49.4 Å². The molecule has 1 atom stereocenters. The maximum atomic E-state index is 14.9. The van der Waals surface area contributed by atoms with Gasteiger partial charge in [-0.05, 0) is 73.5 Å². The first-order chi connectivity index (χ1) is 14.0. The Morgan fingerprint density at radius 2 is 1.97 bits per heavy atom. The molecule has 1 fully saturated rings. The van der Waals surface area contributed by atoms with Crippen molar-refractivity contribution in [3.8, 4) is 0 Å². The smallest absolute Gasteiger partial charge is 0.225 e. The fourth-order valence-corrected chi connectivity index (χ4v) is 4.91. The van der Waals surface area contributed by atoms with E-state index in [9.17, 15) is 13.6 Å². The molecule has 1 amide bonds. The van der Waals surface area contributed by atoms with Crippen molar-refractivity contribution < 1.29 is 13.6 Å². The molecule has 2 aromatic rings. The Kier molecular flexibility index (Phi) is 5.93. The van der Waals surface area contributed by atoms with Crippen LogP contribution in [0.5, 0.6) is 0 Å². The molecule has 1 unspecified atom stereocenters. The quantitative estimate of drug-likeness (QED) is 0.593. The molecule has 2 aliphatic rings. The van der Waals surface area contributed by atoms with Gasteiger partial charge < -0.3 is 4.90 Å². The maximum absolute atomic E-state index is 14.9. The highest BCUT2D eigenvalue weighted by molar-refractivity contribution is 7.97. The van der Waals surface area contributed by atoms with Crippen molar-refractivity contribution >= 4 is 17.9 Å². The van der Waals surface area contributed by atoms with E-state index >= 15 is 0 Å². The van der Waals surface area contributed by atoms with Crippen LogP contribution in [-0.4, -0.2) is 28.2 Å². The van der Waals surface area contributed by atoms with Crippen LogP contribution in [-0.2, 0) is 17.8 Å². The predicted octanol–water partition coefficient (Wildman–Crippen LogP) is 5.35. The number of fused-ring (bicyclic) bond motifs is 1. The minimum Gasteiger partial charge on any atom is -0.338 e. The van der Waals surface area contributed by atoms with Crippen LogP contribution in [0.2, 0.25) is 0 Å². The molecule has 1 heterocycles. The largest absolute Gasteiger partial charge is 0.338 e. The second-order valence-electron chi connectivity index (χ2n) is 7.88. The van der Waals surface area contributed by atoms with E-state index in [2.05, 4.69) is 24.2 Å². The summed E-state index contributed by atoms with van der Waals surface area (Å²) >= 11 is 1.52. The second kappa shape index (κ2) is 8.44. The summed E-state index contributed by atoms with van der Waals surface area (Å²) in [5, 5.41) is 0. The van der Waals surface area contributed by atoms with Gasteiger partial charge in [0.2, 0.25) is 5.91 Å². The van der Waals surface area contributed by atoms with Crippen molar-refractivity contribution in [3.63, 3.8) is 0 Å². The third-order valence-electron chi connectivity index (χ3n) is 5.82. The fourth-order valence-electron chi connectivity index (χ4n) is 3.88. The van der Waals surface area contributed by atoms with Gasteiger partial charge in [-0.1, -0.05) is 19.1 Å². The van der Waals surface area contributed by atoms with Gasteiger partial charge in [-0.25, -0.2) is 13.1 Å². The molecule has 2 aromatic carbocycles. The van der Waals surface area contributed by atoms with Crippen molar-refractivity contribution in [2.24, 2.45) is 5.92 Å². The Morgan fingerprint density at radius 1 is 1.24 bits per heavy atom. The zero-order valence-corrected chi connectivity index (χ0v) is 17.6. The van der Waals surface area contributed by atoms with Crippen LogP contribution < -0.4 is 0 Å². The lowest BCUT2D eigenvalue weighted by atomic mass is 9.99. The Hall–Kier alpha value is -1.92. The summed E-state index contributed by atoms with van der Waals surface area (Å²) in [4.78, 5) is 15.0. The first-order valence-corrected chi connectivity index (χ1v) is 11.0. The summed E-state index contributed by atoms with van der Waals surface area (Å²) in [5.41, 5.74) is 2.68. The molecule has 0 radical (unpaired) electrons. The number of halogens is 2. The molecule has 0 spiro atoms. The Labute approximate surface area is 175 Å². The number of hydrogen-bond acceptors (Lipinski definition) is 3. The standard InChI is InChI=1S/C23H26F2N2OS/c1-3-27(15(2)16-6-8-19(24)9-7-16)29-20-12-18-10-11-26(23(28)17-4-5-17)14-21(18)22(25)13-20/h6-9,12-13,15,17H,3-5,10-11,14H2,1-2H3. The van der Waals surface area contributed by atoms with Crippen LogP contribution in [0.3, 0.4) is 0 Å². The molecule has 1 aliphatic carbocycles. The molecule has 3 nitrogen and oxygen atoms in total. The van der Waals surface area contributed by atoms with Gasteiger partial charge in [0.1, 0.15) is 11.6 Å². The fraction of sp³-hybridized carbons (Fsp3) is 0.435. The van der Waals surface area contributed by atoms with Crippen LogP contribution in [0.15, 0.2) is 41.3 Å². The van der Waals surface area contributed by atoms with Gasteiger partial charge in [-0.15, -0.1) is 0 Å². The van der Waals surface area contributed by atoms with Crippen molar-refractivity contribution in [1.82, 2.24) is 9.21 Å². The molecular weight excluding hydrogens is 390 g/mol. The zero-order valence-electron chi connectivity index (χ0n) is 16.8. The molecule has 0 bridgehead atoms. The van der Waals surface area contributed by atoms with Crippen LogP contribution >= 0.6 is 11.9 Å². The lowest BCUT2D eigenvalue weighted by Crippen LogP contribution is -2.37. The molecule has 29 heavy (non-hydrogen) atoms. The molecule has 1 aliphatic heterocycles. The first kappa shape index (κ1) is 20.4. The Morgan fingerprint density at radius 3 is 2.62 bits per heavy atom. The summed E-state index contributed by atoms with van der Waals surface area (Å²) < 4.78 is 30.3. The first-order valence-electron chi connectivity index (χ1n) is 10.3. The van der Waals surface area contributed by atoms with E-state index in [4.69, 9.17) is 0 Å².